The van der Waals surface area contributed by atoms with Gasteiger partial charge >= 0.3 is 0 Å². The Bertz CT molecular complexity index is 452. The van der Waals surface area contributed by atoms with E-state index in [9.17, 15) is 10.1 Å². The fourth-order valence-electron chi connectivity index (χ4n) is 2.24. The molecule has 2 rings (SSSR count). The number of hydrogen-bond acceptors (Lipinski definition) is 5. The van der Waals surface area contributed by atoms with Crippen LogP contribution < -0.4 is 10.1 Å². The van der Waals surface area contributed by atoms with Crippen LogP contribution in [-0.4, -0.2) is 36.8 Å². The van der Waals surface area contributed by atoms with Gasteiger partial charge in [-0.1, -0.05) is 6.07 Å². The molecule has 0 spiro atoms. The summed E-state index contributed by atoms with van der Waals surface area (Å²) in [6.45, 7) is 2.56. The van der Waals surface area contributed by atoms with Crippen molar-refractivity contribution in [3.05, 3.63) is 34.4 Å². The van der Waals surface area contributed by atoms with Gasteiger partial charge < -0.3 is 14.8 Å². The molecule has 0 heterocycles. The van der Waals surface area contributed by atoms with Crippen LogP contribution in [0.25, 0.3) is 0 Å². The zero-order valence-corrected chi connectivity index (χ0v) is 11.0. The van der Waals surface area contributed by atoms with Gasteiger partial charge in [0.25, 0.3) is 5.69 Å². The van der Waals surface area contributed by atoms with Crippen molar-refractivity contribution in [1.29, 1.82) is 0 Å². The summed E-state index contributed by atoms with van der Waals surface area (Å²) >= 11 is 0. The number of likely N-dealkylation sites (N-methyl/N-ethyl adjacent to an activating group) is 1. The molecule has 1 aliphatic rings. The molecular formula is C13H18N2O4. The number of nitro benzene ring substituents is 1. The third-order valence-corrected chi connectivity index (χ3v) is 3.30. The molecule has 0 aromatic heterocycles. The van der Waals surface area contributed by atoms with Crippen molar-refractivity contribution < 1.29 is 14.4 Å². The first kappa shape index (κ1) is 13.8. The van der Waals surface area contributed by atoms with Gasteiger partial charge in [-0.2, -0.15) is 0 Å². The summed E-state index contributed by atoms with van der Waals surface area (Å²) in [6, 6.07) is 6.52. The molecule has 19 heavy (non-hydrogen) atoms. The summed E-state index contributed by atoms with van der Waals surface area (Å²) < 4.78 is 11.4. The maximum absolute atomic E-state index is 10.7. The molecule has 6 nitrogen and oxygen atoms in total. The molecule has 0 aliphatic heterocycles. The Morgan fingerprint density at radius 2 is 2.32 bits per heavy atom. The van der Waals surface area contributed by atoms with Crippen LogP contribution in [-0.2, 0) is 4.74 Å². The van der Waals surface area contributed by atoms with Gasteiger partial charge in [0.2, 0.25) is 0 Å². The highest BCUT2D eigenvalue weighted by Gasteiger charge is 2.42. The SMILES string of the molecule is CCOC1C(NC)CC1Oc1cccc([N+](=O)[O-])c1. The zero-order valence-electron chi connectivity index (χ0n) is 11.0. The fourth-order valence-corrected chi connectivity index (χ4v) is 2.24. The Morgan fingerprint density at radius 3 is 2.95 bits per heavy atom. The van der Waals surface area contributed by atoms with Crippen molar-refractivity contribution in [3.63, 3.8) is 0 Å². The van der Waals surface area contributed by atoms with E-state index >= 15 is 0 Å². The molecule has 1 fully saturated rings. The van der Waals surface area contributed by atoms with Gasteiger partial charge in [-0.3, -0.25) is 10.1 Å². The van der Waals surface area contributed by atoms with Crippen molar-refractivity contribution in [3.8, 4) is 5.75 Å². The average Bonchev–Trinajstić information content (AvgIpc) is 2.40. The topological polar surface area (TPSA) is 73.6 Å². The zero-order chi connectivity index (χ0) is 13.8. The van der Waals surface area contributed by atoms with Crippen LogP contribution in [0.5, 0.6) is 5.75 Å². The molecule has 1 saturated carbocycles. The number of non-ortho nitro benzene ring substituents is 1. The molecular weight excluding hydrogens is 248 g/mol. The summed E-state index contributed by atoms with van der Waals surface area (Å²) in [5.41, 5.74) is 0.0370. The molecule has 0 amide bonds. The minimum absolute atomic E-state index is 0.00531. The molecule has 0 saturated heterocycles. The largest absolute Gasteiger partial charge is 0.487 e. The van der Waals surface area contributed by atoms with Gasteiger partial charge in [-0.25, -0.2) is 0 Å². The summed E-state index contributed by atoms with van der Waals surface area (Å²) in [5, 5.41) is 13.9. The van der Waals surface area contributed by atoms with Crippen LogP contribution >= 0.6 is 0 Å². The van der Waals surface area contributed by atoms with E-state index in [1.54, 1.807) is 12.1 Å². The van der Waals surface area contributed by atoms with Gasteiger partial charge in [0.1, 0.15) is 18.0 Å². The van der Waals surface area contributed by atoms with Gasteiger partial charge in [0.05, 0.1) is 11.0 Å². The fraction of sp³-hybridized carbons (Fsp3) is 0.538. The summed E-state index contributed by atoms with van der Waals surface area (Å²) in [4.78, 5) is 10.3. The van der Waals surface area contributed by atoms with E-state index in [2.05, 4.69) is 5.32 Å². The number of nitro groups is 1. The van der Waals surface area contributed by atoms with Crippen molar-refractivity contribution in [1.82, 2.24) is 5.32 Å². The number of rotatable bonds is 6. The van der Waals surface area contributed by atoms with Gasteiger partial charge in [-0.15, -0.1) is 0 Å². The lowest BCUT2D eigenvalue weighted by molar-refractivity contribution is -0.385. The lowest BCUT2D eigenvalue weighted by atomic mass is 9.85. The minimum atomic E-state index is -0.427. The van der Waals surface area contributed by atoms with Gasteiger partial charge in [0, 0.05) is 25.1 Å². The Labute approximate surface area is 111 Å². The first-order valence-corrected chi connectivity index (χ1v) is 6.35. The van der Waals surface area contributed by atoms with Crippen LogP contribution in [0.15, 0.2) is 24.3 Å². The van der Waals surface area contributed by atoms with Crippen LogP contribution in [0.1, 0.15) is 13.3 Å². The van der Waals surface area contributed by atoms with Gasteiger partial charge in [-0.05, 0) is 20.0 Å². The van der Waals surface area contributed by atoms with E-state index in [0.717, 1.165) is 6.42 Å². The first-order valence-electron chi connectivity index (χ1n) is 6.35. The normalized spacial score (nSPS) is 25.7. The lowest BCUT2D eigenvalue weighted by Crippen LogP contribution is -2.60. The van der Waals surface area contributed by atoms with E-state index in [4.69, 9.17) is 9.47 Å². The van der Waals surface area contributed by atoms with Crippen molar-refractivity contribution in [2.75, 3.05) is 13.7 Å². The lowest BCUT2D eigenvalue weighted by Gasteiger charge is -2.43. The number of benzene rings is 1. The summed E-state index contributed by atoms with van der Waals surface area (Å²) in [7, 11) is 1.89. The van der Waals surface area contributed by atoms with Crippen molar-refractivity contribution >= 4 is 5.69 Å². The number of nitrogens with one attached hydrogen (secondary N) is 1. The van der Waals surface area contributed by atoms with Crippen LogP contribution in [0, 0.1) is 10.1 Å². The molecule has 0 bridgehead atoms. The predicted molar refractivity (Wildman–Crippen MR) is 70.4 cm³/mol. The standard InChI is InChI=1S/C13H18N2O4/c1-3-18-13-11(14-2)8-12(13)19-10-6-4-5-9(7-10)15(16)17/h4-7,11-14H,3,8H2,1-2H3. The van der Waals surface area contributed by atoms with E-state index in [0.29, 0.717) is 12.4 Å². The van der Waals surface area contributed by atoms with Gasteiger partial charge in [0.15, 0.2) is 0 Å². The maximum Gasteiger partial charge on any atom is 0.273 e. The highest BCUT2D eigenvalue weighted by molar-refractivity contribution is 5.38. The monoisotopic (exact) mass is 266 g/mol. The second-order valence-corrected chi connectivity index (χ2v) is 4.46. The van der Waals surface area contributed by atoms with Crippen LogP contribution in [0.3, 0.4) is 0 Å². The third kappa shape index (κ3) is 3.02. The van der Waals surface area contributed by atoms with Crippen LogP contribution in [0.4, 0.5) is 5.69 Å². The predicted octanol–water partition coefficient (Wildman–Crippen LogP) is 1.74. The highest BCUT2D eigenvalue weighted by Crippen LogP contribution is 2.30. The highest BCUT2D eigenvalue weighted by atomic mass is 16.6. The Hall–Kier alpha value is -1.66. The minimum Gasteiger partial charge on any atom is -0.487 e. The van der Waals surface area contributed by atoms with E-state index in [1.165, 1.54) is 12.1 Å². The Morgan fingerprint density at radius 1 is 1.53 bits per heavy atom. The molecule has 1 aliphatic carbocycles. The number of hydrogen-bond donors (Lipinski definition) is 1. The molecule has 3 atom stereocenters. The van der Waals surface area contributed by atoms with E-state index in [1.807, 2.05) is 14.0 Å². The smallest absolute Gasteiger partial charge is 0.273 e. The summed E-state index contributed by atoms with van der Waals surface area (Å²) in [5.74, 6) is 0.512. The van der Waals surface area contributed by atoms with Crippen molar-refractivity contribution in [2.24, 2.45) is 0 Å². The molecule has 1 aromatic rings. The maximum atomic E-state index is 10.7. The number of nitrogens with zero attached hydrogens (tertiary/aromatic N) is 1. The summed E-state index contributed by atoms with van der Waals surface area (Å²) in [6.07, 6.45) is 0.776. The van der Waals surface area contributed by atoms with E-state index < -0.39 is 4.92 Å². The molecule has 0 radical (unpaired) electrons. The molecule has 1 aromatic carbocycles. The average molecular weight is 266 g/mol. The quantitative estimate of drug-likeness (QED) is 0.627. The first-order chi connectivity index (χ1) is 9.15. The third-order valence-electron chi connectivity index (χ3n) is 3.30. The molecule has 6 heteroatoms. The molecule has 104 valence electrons. The molecule has 1 N–H and O–H groups in total. The number of ether oxygens (including phenoxy) is 2. The second kappa shape index (κ2) is 5.99. The van der Waals surface area contributed by atoms with Crippen LogP contribution in [0.2, 0.25) is 0 Å². The molecule has 3 unspecified atom stereocenters. The Kier molecular flexibility index (Phi) is 4.34. The van der Waals surface area contributed by atoms with E-state index in [-0.39, 0.29) is 23.9 Å². The Balaban J connectivity index is 2.01. The second-order valence-electron chi connectivity index (χ2n) is 4.46. The van der Waals surface area contributed by atoms with Crippen molar-refractivity contribution in [2.45, 2.75) is 31.6 Å².